The number of hydrogen-bond acceptors (Lipinski definition) is 5. The van der Waals surface area contributed by atoms with Crippen molar-refractivity contribution in [3.8, 4) is 5.75 Å². The predicted octanol–water partition coefficient (Wildman–Crippen LogP) is 2.00. The minimum atomic E-state index is -2.85. The van der Waals surface area contributed by atoms with Crippen LogP contribution in [0.5, 0.6) is 5.75 Å². The van der Waals surface area contributed by atoms with Gasteiger partial charge in [0.05, 0.1) is 19.8 Å². The Hall–Kier alpha value is -1.97. The average Bonchev–Trinajstić information content (AvgIpc) is 3.27. The first-order chi connectivity index (χ1) is 14.6. The normalized spacial score (nSPS) is 21.6. The molecule has 2 heterocycles. The molecule has 2 unspecified atom stereocenters. The molecule has 0 aromatic heterocycles. The fourth-order valence-corrected chi connectivity index (χ4v) is 4.02. The molecule has 168 valence electrons. The van der Waals surface area contributed by atoms with Gasteiger partial charge in [0.25, 0.3) is 0 Å². The molecule has 1 aromatic carbocycles. The van der Waals surface area contributed by atoms with Crippen LogP contribution in [0, 0.1) is 12.8 Å². The van der Waals surface area contributed by atoms with Gasteiger partial charge in [-0.25, -0.2) is 0 Å². The lowest BCUT2D eigenvalue weighted by Crippen LogP contribution is -2.53. The van der Waals surface area contributed by atoms with E-state index in [9.17, 15) is 8.78 Å². The van der Waals surface area contributed by atoms with E-state index in [1.807, 2.05) is 13.0 Å². The first kappa shape index (κ1) is 22.7. The van der Waals surface area contributed by atoms with Gasteiger partial charge in [-0.2, -0.15) is 8.78 Å². The van der Waals surface area contributed by atoms with Crippen molar-refractivity contribution in [2.45, 2.75) is 32.5 Å². The number of rotatable bonds is 8. The quantitative estimate of drug-likeness (QED) is 0.490. The highest BCUT2D eigenvalue weighted by Crippen LogP contribution is 2.23. The summed E-state index contributed by atoms with van der Waals surface area (Å²) in [5.74, 6) is 1.26. The van der Waals surface area contributed by atoms with Crippen LogP contribution >= 0.6 is 0 Å². The molecule has 2 atom stereocenters. The van der Waals surface area contributed by atoms with Gasteiger partial charge in [-0.3, -0.25) is 9.89 Å². The van der Waals surface area contributed by atoms with Crippen molar-refractivity contribution in [2.75, 3.05) is 53.1 Å². The molecular weight excluding hydrogens is 394 g/mol. The molecular formula is C21H32F2N4O3. The van der Waals surface area contributed by atoms with Crippen LogP contribution in [-0.4, -0.2) is 76.6 Å². The van der Waals surface area contributed by atoms with E-state index in [1.165, 1.54) is 0 Å². The van der Waals surface area contributed by atoms with E-state index in [0.717, 1.165) is 58.0 Å². The Balaban J connectivity index is 1.59. The maximum absolute atomic E-state index is 12.7. The maximum atomic E-state index is 12.7. The van der Waals surface area contributed by atoms with E-state index in [1.54, 1.807) is 19.2 Å². The maximum Gasteiger partial charge on any atom is 0.387 e. The fraction of sp³-hybridized carbons (Fsp3) is 0.667. The minimum Gasteiger partial charge on any atom is -0.434 e. The van der Waals surface area contributed by atoms with Crippen LogP contribution < -0.4 is 15.4 Å². The van der Waals surface area contributed by atoms with Gasteiger partial charge in [0.1, 0.15) is 5.75 Å². The van der Waals surface area contributed by atoms with Crippen molar-refractivity contribution in [1.82, 2.24) is 15.5 Å². The molecule has 2 N–H and O–H groups in total. The Bertz CT molecular complexity index is 693. The number of guanidine groups is 1. The molecule has 0 saturated carbocycles. The highest BCUT2D eigenvalue weighted by molar-refractivity contribution is 5.79. The van der Waals surface area contributed by atoms with E-state index >= 15 is 0 Å². The molecule has 0 amide bonds. The highest BCUT2D eigenvalue weighted by Gasteiger charge is 2.31. The standard InChI is InChI=1S/C21H32F2N4O3/c1-15-3-4-19(30-20(22)23)17(11-15)12-25-21(24-2)26-13-18(16-5-8-29-14-16)27-6-9-28-10-7-27/h3-4,11,16,18,20H,5-10,12-14H2,1-2H3,(H2,24,25,26). The van der Waals surface area contributed by atoms with Crippen molar-refractivity contribution in [1.29, 1.82) is 0 Å². The second-order valence-corrected chi connectivity index (χ2v) is 7.64. The number of aliphatic imine (C=N–C) groups is 1. The van der Waals surface area contributed by atoms with Crippen molar-refractivity contribution in [3.05, 3.63) is 29.3 Å². The lowest BCUT2D eigenvalue weighted by atomic mass is 9.97. The number of benzene rings is 1. The predicted molar refractivity (Wildman–Crippen MR) is 111 cm³/mol. The molecule has 2 fully saturated rings. The topological polar surface area (TPSA) is 67.4 Å². The molecule has 7 nitrogen and oxygen atoms in total. The number of ether oxygens (including phenoxy) is 3. The van der Waals surface area contributed by atoms with Gasteiger partial charge < -0.3 is 24.8 Å². The molecule has 30 heavy (non-hydrogen) atoms. The van der Waals surface area contributed by atoms with Gasteiger partial charge in [-0.15, -0.1) is 0 Å². The number of nitrogens with zero attached hydrogens (tertiary/aromatic N) is 2. The minimum absolute atomic E-state index is 0.174. The summed E-state index contributed by atoms with van der Waals surface area (Å²) < 4.78 is 41.2. The smallest absolute Gasteiger partial charge is 0.387 e. The summed E-state index contributed by atoms with van der Waals surface area (Å²) in [6.07, 6.45) is 1.05. The van der Waals surface area contributed by atoms with Gasteiger partial charge in [0.15, 0.2) is 5.96 Å². The monoisotopic (exact) mass is 426 g/mol. The lowest BCUT2D eigenvalue weighted by molar-refractivity contribution is -0.0504. The second kappa shape index (κ2) is 11.4. The molecule has 0 aliphatic carbocycles. The summed E-state index contributed by atoms with van der Waals surface area (Å²) in [5, 5.41) is 6.62. The number of nitrogens with one attached hydrogen (secondary N) is 2. The number of halogens is 2. The summed E-state index contributed by atoms with van der Waals surface area (Å²) in [4.78, 5) is 6.75. The third-order valence-electron chi connectivity index (χ3n) is 5.60. The summed E-state index contributed by atoms with van der Waals surface area (Å²) in [7, 11) is 1.70. The molecule has 2 aliphatic rings. The van der Waals surface area contributed by atoms with Crippen molar-refractivity contribution in [2.24, 2.45) is 10.9 Å². The zero-order valence-electron chi connectivity index (χ0n) is 17.7. The van der Waals surface area contributed by atoms with E-state index < -0.39 is 6.61 Å². The molecule has 3 rings (SSSR count). The van der Waals surface area contributed by atoms with Crippen LogP contribution in [0.15, 0.2) is 23.2 Å². The molecule has 0 spiro atoms. The summed E-state index contributed by atoms with van der Waals surface area (Å²) in [6, 6.07) is 5.49. The van der Waals surface area contributed by atoms with E-state index in [0.29, 0.717) is 30.0 Å². The first-order valence-electron chi connectivity index (χ1n) is 10.4. The third-order valence-corrected chi connectivity index (χ3v) is 5.60. The number of aryl methyl sites for hydroxylation is 1. The van der Waals surface area contributed by atoms with Crippen LogP contribution in [-0.2, 0) is 16.0 Å². The Labute approximate surface area is 176 Å². The zero-order valence-corrected chi connectivity index (χ0v) is 17.7. The van der Waals surface area contributed by atoms with Crippen molar-refractivity contribution >= 4 is 5.96 Å². The zero-order chi connectivity index (χ0) is 21.3. The Morgan fingerprint density at radius 3 is 2.70 bits per heavy atom. The van der Waals surface area contributed by atoms with Gasteiger partial charge in [-0.1, -0.05) is 17.7 Å². The van der Waals surface area contributed by atoms with Crippen molar-refractivity contribution < 1.29 is 23.0 Å². The van der Waals surface area contributed by atoms with E-state index in [2.05, 4.69) is 25.3 Å². The third kappa shape index (κ3) is 6.52. The number of morpholine rings is 1. The number of hydrogen-bond donors (Lipinski definition) is 2. The van der Waals surface area contributed by atoms with Gasteiger partial charge >= 0.3 is 6.61 Å². The first-order valence-corrected chi connectivity index (χ1v) is 10.4. The largest absolute Gasteiger partial charge is 0.434 e. The molecule has 0 bridgehead atoms. The highest BCUT2D eigenvalue weighted by atomic mass is 19.3. The van der Waals surface area contributed by atoms with Crippen LogP contribution in [0.2, 0.25) is 0 Å². The van der Waals surface area contributed by atoms with Gasteiger partial charge in [0.2, 0.25) is 0 Å². The average molecular weight is 427 g/mol. The number of alkyl halides is 2. The molecule has 2 saturated heterocycles. The molecule has 0 radical (unpaired) electrons. The van der Waals surface area contributed by atoms with Gasteiger partial charge in [-0.05, 0) is 19.4 Å². The molecule has 9 heteroatoms. The SMILES string of the molecule is CN=C(NCc1cc(C)ccc1OC(F)F)NCC(C1CCOC1)N1CCOCC1. The van der Waals surface area contributed by atoms with Gasteiger partial charge in [0, 0.05) is 57.4 Å². The second-order valence-electron chi connectivity index (χ2n) is 7.64. The van der Waals surface area contributed by atoms with E-state index in [4.69, 9.17) is 9.47 Å². The lowest BCUT2D eigenvalue weighted by Gasteiger charge is -2.37. The summed E-state index contributed by atoms with van der Waals surface area (Å²) in [6.45, 7) is 5.01. The van der Waals surface area contributed by atoms with Crippen LogP contribution in [0.1, 0.15) is 17.5 Å². The van der Waals surface area contributed by atoms with E-state index in [-0.39, 0.29) is 5.75 Å². The summed E-state index contributed by atoms with van der Waals surface area (Å²) >= 11 is 0. The van der Waals surface area contributed by atoms with Crippen LogP contribution in [0.25, 0.3) is 0 Å². The fourth-order valence-electron chi connectivity index (χ4n) is 4.02. The Morgan fingerprint density at radius 2 is 2.03 bits per heavy atom. The molecule has 2 aliphatic heterocycles. The van der Waals surface area contributed by atoms with Crippen LogP contribution in [0.3, 0.4) is 0 Å². The summed E-state index contributed by atoms with van der Waals surface area (Å²) in [5.41, 5.74) is 1.64. The molecule has 1 aromatic rings. The van der Waals surface area contributed by atoms with Crippen LogP contribution in [0.4, 0.5) is 8.78 Å². The Morgan fingerprint density at radius 1 is 1.23 bits per heavy atom. The Kier molecular flexibility index (Phi) is 8.65. The van der Waals surface area contributed by atoms with Crippen molar-refractivity contribution in [3.63, 3.8) is 0 Å².